The predicted molar refractivity (Wildman–Crippen MR) is 95.6 cm³/mol. The fourth-order valence-electron chi connectivity index (χ4n) is 1.91. The normalized spacial score (nSPS) is 11.4. The Hall–Kier alpha value is -2.48. The average Bonchev–Trinajstić information content (AvgIpc) is 2.56. The summed E-state index contributed by atoms with van der Waals surface area (Å²) in [5.41, 5.74) is 4.94. The Bertz CT molecular complexity index is 665. The fourth-order valence-corrected chi connectivity index (χ4v) is 2.18. The van der Waals surface area contributed by atoms with Crippen LogP contribution in [0.5, 0.6) is 11.5 Å². The highest BCUT2D eigenvalue weighted by Gasteiger charge is 2.22. The fraction of sp³-hybridized carbons (Fsp3) is 0.471. The van der Waals surface area contributed by atoms with Crippen molar-refractivity contribution in [3.8, 4) is 11.5 Å². The number of imide groups is 1. The van der Waals surface area contributed by atoms with Crippen molar-refractivity contribution in [2.24, 2.45) is 5.73 Å². The number of nitrogens with two attached hydrogens (primary N) is 1. The van der Waals surface area contributed by atoms with Crippen LogP contribution >= 0.6 is 11.6 Å². The second-order valence-electron chi connectivity index (χ2n) is 5.32. The minimum absolute atomic E-state index is 0.0833. The van der Waals surface area contributed by atoms with Crippen LogP contribution in [-0.4, -0.2) is 37.2 Å². The third kappa shape index (κ3) is 6.44. The zero-order valence-corrected chi connectivity index (χ0v) is 15.7. The molecule has 1 aromatic rings. The summed E-state index contributed by atoms with van der Waals surface area (Å²) in [6.45, 7) is 5.93. The molecule has 0 aliphatic rings. The number of carbonyl (C=O) groups excluding carboxylic acids is 3. The number of halogens is 1. The Morgan fingerprint density at radius 1 is 1.23 bits per heavy atom. The Kier molecular flexibility index (Phi) is 8.71. The summed E-state index contributed by atoms with van der Waals surface area (Å²) < 4.78 is 16.1. The Morgan fingerprint density at radius 3 is 2.50 bits per heavy atom. The van der Waals surface area contributed by atoms with Crippen LogP contribution in [0.2, 0.25) is 5.02 Å². The molecule has 0 aliphatic heterocycles. The van der Waals surface area contributed by atoms with Crippen molar-refractivity contribution >= 4 is 29.5 Å². The van der Waals surface area contributed by atoms with E-state index in [0.29, 0.717) is 24.7 Å². The first-order valence-corrected chi connectivity index (χ1v) is 8.58. The smallest absolute Gasteiger partial charge is 0.339 e. The molecule has 1 atom stereocenters. The number of urea groups is 1. The second kappa shape index (κ2) is 10.5. The molecule has 0 heterocycles. The van der Waals surface area contributed by atoms with Gasteiger partial charge < -0.3 is 19.9 Å². The number of hydrogen-bond donors (Lipinski definition) is 2. The van der Waals surface area contributed by atoms with E-state index >= 15 is 0 Å². The molecule has 144 valence electrons. The van der Waals surface area contributed by atoms with E-state index in [1.807, 2.05) is 12.2 Å². The van der Waals surface area contributed by atoms with Gasteiger partial charge in [-0.3, -0.25) is 10.1 Å². The van der Waals surface area contributed by atoms with Crippen LogP contribution in [0.4, 0.5) is 4.79 Å². The second-order valence-corrected chi connectivity index (χ2v) is 5.73. The van der Waals surface area contributed by atoms with Gasteiger partial charge in [-0.1, -0.05) is 24.9 Å². The summed E-state index contributed by atoms with van der Waals surface area (Å²) in [6.07, 6.45) is 0.583. The number of hydrogen-bond acceptors (Lipinski definition) is 6. The van der Waals surface area contributed by atoms with E-state index in [1.165, 1.54) is 19.1 Å². The van der Waals surface area contributed by atoms with Gasteiger partial charge in [-0.15, -0.1) is 0 Å². The lowest BCUT2D eigenvalue weighted by atomic mass is 10.2. The molecule has 0 unspecified atom stereocenters. The van der Waals surface area contributed by atoms with Gasteiger partial charge in [0.05, 0.1) is 23.8 Å². The summed E-state index contributed by atoms with van der Waals surface area (Å²) in [5.74, 6) is -0.989. The summed E-state index contributed by atoms with van der Waals surface area (Å²) in [6, 6.07) is 1.76. The van der Waals surface area contributed by atoms with Gasteiger partial charge in [0, 0.05) is 0 Å². The number of carbonyl (C=O) groups is 3. The maximum Gasteiger partial charge on any atom is 0.339 e. The summed E-state index contributed by atoms with van der Waals surface area (Å²) in [5, 5.41) is 2.02. The van der Waals surface area contributed by atoms with Gasteiger partial charge in [-0.05, 0) is 32.4 Å². The number of nitrogens with one attached hydrogen (secondary N) is 1. The molecule has 1 rings (SSSR count). The van der Waals surface area contributed by atoms with Gasteiger partial charge in [0.1, 0.15) is 0 Å². The molecule has 1 aromatic carbocycles. The van der Waals surface area contributed by atoms with Crippen LogP contribution in [0.1, 0.15) is 44.0 Å². The molecule has 26 heavy (non-hydrogen) atoms. The highest BCUT2D eigenvalue weighted by Crippen LogP contribution is 2.37. The van der Waals surface area contributed by atoms with Crippen molar-refractivity contribution in [3.63, 3.8) is 0 Å². The standard InChI is InChI=1S/C17H23ClN2O6/c1-4-6-7-25-14-12(18)8-11(9-13(14)24-5-2)16(22)26-10(3)15(21)20-17(19)23/h8-10H,4-7H2,1-3H3,(H3,19,20,21,23)/t10-/m1/s1. The molecule has 9 heteroatoms. The van der Waals surface area contributed by atoms with Crippen LogP contribution in [0.15, 0.2) is 12.1 Å². The summed E-state index contributed by atoms with van der Waals surface area (Å²) >= 11 is 6.21. The largest absolute Gasteiger partial charge is 0.490 e. The molecule has 0 saturated carbocycles. The Labute approximate surface area is 156 Å². The van der Waals surface area contributed by atoms with Gasteiger partial charge in [-0.25, -0.2) is 9.59 Å². The molecule has 3 amide bonds. The monoisotopic (exact) mass is 386 g/mol. The van der Waals surface area contributed by atoms with Crippen LogP contribution in [0, 0.1) is 0 Å². The van der Waals surface area contributed by atoms with E-state index in [4.69, 9.17) is 31.5 Å². The minimum atomic E-state index is -1.22. The third-order valence-corrected chi connectivity index (χ3v) is 3.47. The van der Waals surface area contributed by atoms with E-state index in [0.717, 1.165) is 12.8 Å². The topological polar surface area (TPSA) is 117 Å². The predicted octanol–water partition coefficient (Wildman–Crippen LogP) is 2.66. The van der Waals surface area contributed by atoms with Crippen LogP contribution in [-0.2, 0) is 9.53 Å². The van der Waals surface area contributed by atoms with Crippen molar-refractivity contribution in [3.05, 3.63) is 22.7 Å². The first-order chi connectivity index (χ1) is 12.3. The lowest BCUT2D eigenvalue weighted by Gasteiger charge is -2.16. The molecular formula is C17H23ClN2O6. The molecule has 0 saturated heterocycles. The number of benzene rings is 1. The van der Waals surface area contributed by atoms with E-state index in [-0.39, 0.29) is 10.6 Å². The third-order valence-electron chi connectivity index (χ3n) is 3.19. The zero-order chi connectivity index (χ0) is 19.7. The SMILES string of the molecule is CCCCOc1c(Cl)cc(C(=O)O[C@H](C)C(=O)NC(N)=O)cc1OCC. The molecule has 0 fully saturated rings. The molecule has 0 radical (unpaired) electrons. The molecule has 0 aromatic heterocycles. The number of esters is 1. The average molecular weight is 387 g/mol. The van der Waals surface area contributed by atoms with Crippen LogP contribution in [0.25, 0.3) is 0 Å². The van der Waals surface area contributed by atoms with E-state index in [1.54, 1.807) is 6.92 Å². The van der Waals surface area contributed by atoms with E-state index in [2.05, 4.69) is 0 Å². The van der Waals surface area contributed by atoms with Crippen LogP contribution < -0.4 is 20.5 Å². The van der Waals surface area contributed by atoms with Crippen molar-refractivity contribution in [1.82, 2.24) is 5.32 Å². The van der Waals surface area contributed by atoms with E-state index < -0.39 is 24.0 Å². The Balaban J connectivity index is 2.96. The van der Waals surface area contributed by atoms with Gasteiger partial charge in [0.2, 0.25) is 0 Å². The molecule has 0 bridgehead atoms. The van der Waals surface area contributed by atoms with Crippen molar-refractivity contribution < 1.29 is 28.6 Å². The lowest BCUT2D eigenvalue weighted by molar-refractivity contribution is -0.127. The quantitative estimate of drug-likeness (QED) is 0.497. The van der Waals surface area contributed by atoms with Gasteiger partial charge in [0.15, 0.2) is 17.6 Å². The van der Waals surface area contributed by atoms with E-state index in [9.17, 15) is 14.4 Å². The minimum Gasteiger partial charge on any atom is -0.490 e. The van der Waals surface area contributed by atoms with Crippen LogP contribution in [0.3, 0.4) is 0 Å². The number of rotatable bonds is 9. The molecule has 3 N–H and O–H groups in total. The first-order valence-electron chi connectivity index (χ1n) is 8.20. The number of amides is 3. The molecule has 0 aliphatic carbocycles. The summed E-state index contributed by atoms with van der Waals surface area (Å²) in [4.78, 5) is 34.5. The van der Waals surface area contributed by atoms with Gasteiger partial charge >= 0.3 is 12.0 Å². The maximum absolute atomic E-state index is 12.3. The van der Waals surface area contributed by atoms with Crippen molar-refractivity contribution in [2.75, 3.05) is 13.2 Å². The number of unbranched alkanes of at least 4 members (excludes halogenated alkanes) is 1. The molecule has 8 nitrogen and oxygen atoms in total. The van der Waals surface area contributed by atoms with Gasteiger partial charge in [0.25, 0.3) is 5.91 Å². The zero-order valence-electron chi connectivity index (χ0n) is 15.0. The van der Waals surface area contributed by atoms with Crippen molar-refractivity contribution in [1.29, 1.82) is 0 Å². The van der Waals surface area contributed by atoms with Crippen molar-refractivity contribution in [2.45, 2.75) is 39.7 Å². The molecule has 0 spiro atoms. The number of ether oxygens (including phenoxy) is 3. The molecular weight excluding hydrogens is 364 g/mol. The highest BCUT2D eigenvalue weighted by molar-refractivity contribution is 6.32. The summed E-state index contributed by atoms with van der Waals surface area (Å²) in [7, 11) is 0. The maximum atomic E-state index is 12.3. The highest BCUT2D eigenvalue weighted by atomic mass is 35.5. The lowest BCUT2D eigenvalue weighted by Crippen LogP contribution is -2.42. The van der Waals surface area contributed by atoms with Gasteiger partial charge in [-0.2, -0.15) is 0 Å². The Morgan fingerprint density at radius 2 is 1.92 bits per heavy atom. The first kappa shape index (κ1) is 21.6. The number of primary amides is 1.